The summed E-state index contributed by atoms with van der Waals surface area (Å²) in [6, 6.07) is 90.7. The van der Waals surface area contributed by atoms with E-state index in [1.165, 1.54) is 194 Å². The molecule has 0 saturated heterocycles. The van der Waals surface area contributed by atoms with Gasteiger partial charge in [-0.25, -0.2) is 0 Å². The Hall–Kier alpha value is -10.8. The highest BCUT2D eigenvalue weighted by Gasteiger charge is 2.39. The third kappa shape index (κ3) is 16.1. The summed E-state index contributed by atoms with van der Waals surface area (Å²) in [6.07, 6.45) is 5.71. The van der Waals surface area contributed by atoms with Crippen LogP contribution in [0.5, 0.6) is 0 Å². The van der Waals surface area contributed by atoms with Crippen LogP contribution < -0.4 is 22.8 Å². The van der Waals surface area contributed by atoms with E-state index in [9.17, 15) is 0 Å². The van der Waals surface area contributed by atoms with E-state index >= 15 is 0 Å². The van der Waals surface area contributed by atoms with Gasteiger partial charge in [-0.1, -0.05) is 298 Å². The standard InChI is InChI=1S/C29H38N.C25H30N.C23H26N.C21H22N.C19H18N/c1-27(2,3)21-17-22(28(4,5)6)25(23(18-21)29(7,8)9)24-14-13-19-11-10-12-20-15-16-30(24)26(19)20;1-24(2,3)19-11-8-12-20(25(4,5)6)22(19)21-14-13-17-9-7-10-18-15-16-26(21)23(17)18;1-15(2)19-9-6-10-20(16(3)4)22(19)21-12-11-17-7-5-8-18-13-14-24(21)23(17)18;1-21(2,3)18-10-5-4-9-17(18)19-12-11-15-7-6-8-16-13-14-22(19)20(15)16;1-13-5-3-6-14(2)18(13)17-10-9-15-7-4-8-16-11-12-20(17)19(15)16/h10-14,17-18H,15-16H2,1-9H3;7-14H,15-16H2,1-6H3;5-12,15-16H,13-14H2,1-4H3;4-12H,13-14H2,1-3H3;3-10H,11-12H2,1-2H3/q5*+1. The van der Waals surface area contributed by atoms with Crippen LogP contribution in [0.3, 0.4) is 0 Å². The van der Waals surface area contributed by atoms with E-state index in [1.807, 2.05) is 0 Å². The molecule has 0 unspecified atom stereocenters. The molecule has 5 aliphatic rings. The molecule has 5 heteroatoms. The van der Waals surface area contributed by atoms with Gasteiger partial charge < -0.3 is 0 Å². The molecule has 10 heterocycles. The fraction of sp³-hybridized carbons (Fsp3) is 0.359. The fourth-order valence-electron chi connectivity index (χ4n) is 20.7. The SMILES string of the molecule is CC(C)(C)c1cc(C(C)(C)C)c(-c2ccc3cccc4c3[n+]2CC4)c(C(C)(C)C)c1.CC(C)(C)c1cccc(C(C)(C)C)c1-c1ccc2cccc3c2[n+]1CC3.CC(C)(C)c1ccccc1-c1ccc2cccc3c2[n+]1CC3.CC(C)c1cccc(C(C)C)c1-c1ccc2cccc3c2[n+]1CC3.Cc1cccc(C)c1-c1ccc2cccc3c2[n+]1CC3. The van der Waals surface area contributed by atoms with Gasteiger partial charge in [0.25, 0.3) is 0 Å². The largest absolute Gasteiger partial charge is 0.216 e. The smallest absolute Gasteiger partial charge is 0.191 e. The summed E-state index contributed by atoms with van der Waals surface area (Å²) in [5, 5.41) is 6.79. The van der Waals surface area contributed by atoms with E-state index in [-0.39, 0.29) is 32.5 Å². The van der Waals surface area contributed by atoms with Crippen molar-refractivity contribution in [1.29, 1.82) is 0 Å². The maximum Gasteiger partial charge on any atom is 0.216 e. The average molecular weight is 1610 g/mol. The molecule has 0 spiro atoms. The molecule has 5 aromatic heterocycles. The molecule has 5 nitrogen and oxygen atoms in total. The predicted octanol–water partition coefficient (Wildman–Crippen LogP) is 27.4. The van der Waals surface area contributed by atoms with Gasteiger partial charge in [0, 0.05) is 123 Å². The lowest BCUT2D eigenvalue weighted by molar-refractivity contribution is -0.653. The Morgan fingerprint density at radius 2 is 0.492 bits per heavy atom. The van der Waals surface area contributed by atoms with E-state index in [1.54, 1.807) is 0 Å². The quantitative estimate of drug-likeness (QED) is 0.142. The molecule has 0 radical (unpaired) electrons. The first-order valence-electron chi connectivity index (χ1n) is 45.7. The second-order valence-corrected chi connectivity index (χ2v) is 42.5. The first-order valence-corrected chi connectivity index (χ1v) is 45.7. The van der Waals surface area contributed by atoms with Crippen LogP contribution in [-0.4, -0.2) is 0 Å². The first-order chi connectivity index (χ1) is 57.8. The van der Waals surface area contributed by atoms with Gasteiger partial charge in [-0.2, -0.15) is 22.8 Å². The average Bonchev–Trinajstić information content (AvgIpc) is 1.42. The molecule has 0 bridgehead atoms. The van der Waals surface area contributed by atoms with Crippen molar-refractivity contribution < 1.29 is 22.8 Å². The lowest BCUT2D eigenvalue weighted by atomic mass is 9.71. The topological polar surface area (TPSA) is 19.4 Å². The summed E-state index contributed by atoms with van der Waals surface area (Å²) in [6.45, 7) is 61.1. The molecular weight excluding hydrogens is 1480 g/mol. The van der Waals surface area contributed by atoms with Crippen LogP contribution in [0.25, 0.3) is 111 Å². The Kier molecular flexibility index (Phi) is 22.6. The second kappa shape index (κ2) is 32.5. The van der Waals surface area contributed by atoms with Crippen molar-refractivity contribution in [3.8, 4) is 56.3 Å². The van der Waals surface area contributed by atoms with E-state index in [0.717, 1.165) is 64.8 Å². The zero-order chi connectivity index (χ0) is 86.6. The monoisotopic (exact) mass is 1610 g/mol. The van der Waals surface area contributed by atoms with E-state index in [0.29, 0.717) is 11.8 Å². The number of aromatic nitrogens is 5. The van der Waals surface area contributed by atoms with E-state index in [2.05, 4.69) is 432 Å². The highest BCUT2D eigenvalue weighted by molar-refractivity contribution is 5.87. The van der Waals surface area contributed by atoms with Crippen LogP contribution in [0.4, 0.5) is 0 Å². The Labute approximate surface area is 730 Å². The molecule has 122 heavy (non-hydrogen) atoms. The molecular formula is C117H134N5+5. The van der Waals surface area contributed by atoms with Crippen LogP contribution in [0.15, 0.2) is 243 Å². The molecule has 10 aromatic carbocycles. The zero-order valence-corrected chi connectivity index (χ0v) is 78.1. The third-order valence-electron chi connectivity index (χ3n) is 26.9. The van der Waals surface area contributed by atoms with Gasteiger partial charge in [-0.05, 0) is 181 Å². The van der Waals surface area contributed by atoms with Crippen LogP contribution >= 0.6 is 0 Å². The summed E-state index contributed by atoms with van der Waals surface area (Å²) < 4.78 is 12.7. The lowest BCUT2D eigenvalue weighted by Gasteiger charge is -2.32. The number of aryl methyl sites for hydroxylation is 12. The van der Waals surface area contributed by atoms with Gasteiger partial charge in [0.05, 0.1) is 22.3 Å². The number of nitrogens with zero attached hydrogens (tertiary/aromatic N) is 5. The van der Waals surface area contributed by atoms with Crippen LogP contribution in [-0.2, 0) is 97.3 Å². The second-order valence-electron chi connectivity index (χ2n) is 42.5. The van der Waals surface area contributed by atoms with E-state index in [4.69, 9.17) is 0 Å². The number of rotatable bonds is 7. The molecule has 5 aliphatic heterocycles. The Balaban J connectivity index is 0.000000114. The summed E-state index contributed by atoms with van der Waals surface area (Å²) in [5.41, 5.74) is 43.4. The third-order valence-corrected chi connectivity index (χ3v) is 26.9. The number of para-hydroxylation sites is 5. The van der Waals surface area contributed by atoms with Gasteiger partial charge in [0.15, 0.2) is 32.7 Å². The van der Waals surface area contributed by atoms with Gasteiger partial charge in [0.1, 0.15) is 0 Å². The Morgan fingerprint density at radius 3 is 0.811 bits per heavy atom. The number of benzene rings is 10. The summed E-state index contributed by atoms with van der Waals surface area (Å²) >= 11 is 0. The molecule has 0 amide bonds. The zero-order valence-electron chi connectivity index (χ0n) is 78.1. The minimum absolute atomic E-state index is 0.0664. The molecule has 15 aromatic rings. The molecule has 0 N–H and O–H groups in total. The van der Waals surface area contributed by atoms with Gasteiger partial charge in [0.2, 0.25) is 56.1 Å². The highest BCUT2D eigenvalue weighted by atomic mass is 15.0. The molecule has 0 fully saturated rings. The summed E-state index contributed by atoms with van der Waals surface area (Å²) in [4.78, 5) is 0. The maximum atomic E-state index is 2.58. The summed E-state index contributed by atoms with van der Waals surface area (Å²) in [7, 11) is 0. The molecule has 622 valence electrons. The molecule has 0 saturated carbocycles. The Morgan fingerprint density at radius 1 is 0.230 bits per heavy atom. The molecule has 0 atom stereocenters. The van der Waals surface area contributed by atoms with Crippen molar-refractivity contribution in [3.05, 3.63) is 326 Å². The van der Waals surface area contributed by atoms with Gasteiger partial charge in [-0.3, -0.25) is 0 Å². The van der Waals surface area contributed by atoms with Gasteiger partial charge >= 0.3 is 0 Å². The van der Waals surface area contributed by atoms with Crippen molar-refractivity contribution in [2.75, 3.05) is 0 Å². The van der Waals surface area contributed by atoms with Crippen LogP contribution in [0, 0.1) is 13.8 Å². The molecule has 0 aliphatic carbocycles. The van der Waals surface area contributed by atoms with E-state index < -0.39 is 0 Å². The fourth-order valence-corrected chi connectivity index (χ4v) is 20.7. The predicted molar refractivity (Wildman–Crippen MR) is 516 cm³/mol. The number of hydrogen-bond acceptors (Lipinski definition) is 0. The Bertz CT molecular complexity index is 6480. The van der Waals surface area contributed by atoms with Crippen molar-refractivity contribution in [2.45, 2.75) is 275 Å². The number of hydrogen-bond donors (Lipinski definition) is 0. The van der Waals surface area contributed by atoms with Crippen LogP contribution in [0.2, 0.25) is 0 Å². The maximum absolute atomic E-state index is 2.58. The highest BCUT2D eigenvalue weighted by Crippen LogP contribution is 2.46. The lowest BCUT2D eigenvalue weighted by Crippen LogP contribution is -2.36. The first kappa shape index (κ1) is 84.8. The van der Waals surface area contributed by atoms with Crippen molar-refractivity contribution in [3.63, 3.8) is 0 Å². The minimum atomic E-state index is 0.0664. The molecule has 20 rings (SSSR count). The number of pyridine rings is 5. The van der Waals surface area contributed by atoms with Crippen molar-refractivity contribution in [1.82, 2.24) is 0 Å². The normalized spacial score (nSPS) is 13.9. The van der Waals surface area contributed by atoms with Crippen molar-refractivity contribution >= 4 is 54.5 Å². The minimum Gasteiger partial charge on any atom is -0.191 e. The van der Waals surface area contributed by atoms with Crippen molar-refractivity contribution in [2.24, 2.45) is 0 Å². The van der Waals surface area contributed by atoms with Crippen LogP contribution in [0.1, 0.15) is 248 Å². The summed E-state index contributed by atoms with van der Waals surface area (Å²) in [5.74, 6) is 1.05. The van der Waals surface area contributed by atoms with Gasteiger partial charge in [-0.15, -0.1) is 0 Å².